The van der Waals surface area contributed by atoms with Gasteiger partial charge in [0.15, 0.2) is 5.69 Å². The molecular weight excluding hydrogens is 449 g/mol. The fraction of sp³-hybridized carbons (Fsp3) is 0.211. The molecule has 0 spiro atoms. The second-order valence-electron chi connectivity index (χ2n) is 6.87. The first kappa shape index (κ1) is 21.6. The minimum absolute atomic E-state index is 0.0931. The summed E-state index contributed by atoms with van der Waals surface area (Å²) < 4.78 is 75.0. The van der Waals surface area contributed by atoms with Crippen LogP contribution in [0, 0.1) is 0 Å². The number of sulfonamides is 1. The van der Waals surface area contributed by atoms with E-state index in [2.05, 4.69) is 19.9 Å². The van der Waals surface area contributed by atoms with Crippen molar-refractivity contribution >= 4 is 26.6 Å². The van der Waals surface area contributed by atoms with E-state index in [1.807, 2.05) is 0 Å². The van der Waals surface area contributed by atoms with Crippen molar-refractivity contribution in [3.05, 3.63) is 48.4 Å². The summed E-state index contributed by atoms with van der Waals surface area (Å²) in [6, 6.07) is 6.78. The molecule has 4 rings (SSSR count). The number of benzene rings is 1. The maximum Gasteiger partial charge on any atom is 0.435 e. The second kappa shape index (κ2) is 7.51. The quantitative estimate of drug-likeness (QED) is 0.485. The van der Waals surface area contributed by atoms with Gasteiger partial charge in [-0.05, 0) is 30.3 Å². The number of hydrogen-bond donors (Lipinski definition) is 1. The number of fused-ring (bicyclic) bond motifs is 1. The van der Waals surface area contributed by atoms with Crippen molar-refractivity contribution in [2.24, 2.45) is 14.1 Å². The van der Waals surface area contributed by atoms with E-state index < -0.39 is 21.9 Å². The Morgan fingerprint density at radius 3 is 2.41 bits per heavy atom. The smallest absolute Gasteiger partial charge is 0.435 e. The molecule has 0 unspecified atom stereocenters. The summed E-state index contributed by atoms with van der Waals surface area (Å²) in [4.78, 5) is 3.85. The fourth-order valence-electron chi connectivity index (χ4n) is 3.25. The number of halogens is 3. The molecule has 168 valence electrons. The summed E-state index contributed by atoms with van der Waals surface area (Å²) in [5, 5.41) is 8.27. The Bertz CT molecular complexity index is 1410. The topological polar surface area (TPSA) is 104 Å². The number of anilines is 1. The third-order valence-electron chi connectivity index (χ3n) is 4.80. The van der Waals surface area contributed by atoms with E-state index in [0.29, 0.717) is 16.7 Å². The first-order chi connectivity index (χ1) is 15.0. The first-order valence-electron chi connectivity index (χ1n) is 9.10. The van der Waals surface area contributed by atoms with Gasteiger partial charge in [-0.25, -0.2) is 8.42 Å². The van der Waals surface area contributed by atoms with Crippen LogP contribution in [0.25, 0.3) is 22.3 Å². The lowest BCUT2D eigenvalue weighted by atomic mass is 10.2. The third kappa shape index (κ3) is 3.75. The number of rotatable bonds is 5. The van der Waals surface area contributed by atoms with Crippen LogP contribution in [0.5, 0.6) is 5.75 Å². The number of aryl methyl sites for hydroxylation is 2. The zero-order valence-electron chi connectivity index (χ0n) is 17.0. The van der Waals surface area contributed by atoms with Gasteiger partial charge in [0.1, 0.15) is 16.3 Å². The lowest BCUT2D eigenvalue weighted by Gasteiger charge is -2.14. The van der Waals surface area contributed by atoms with E-state index in [9.17, 15) is 21.6 Å². The van der Waals surface area contributed by atoms with Gasteiger partial charge in [-0.15, -0.1) is 0 Å². The normalized spacial score (nSPS) is 12.3. The summed E-state index contributed by atoms with van der Waals surface area (Å²) in [5.74, 6) is 0.295. The number of hydrogen-bond acceptors (Lipinski definition) is 6. The van der Waals surface area contributed by atoms with Crippen molar-refractivity contribution in [2.45, 2.75) is 11.1 Å². The van der Waals surface area contributed by atoms with Crippen LogP contribution < -0.4 is 9.46 Å². The predicted octanol–water partition coefficient (Wildman–Crippen LogP) is 3.20. The highest BCUT2D eigenvalue weighted by Gasteiger charge is 2.35. The minimum atomic E-state index is -4.60. The molecule has 0 saturated heterocycles. The van der Waals surface area contributed by atoms with E-state index in [4.69, 9.17) is 4.74 Å². The van der Waals surface area contributed by atoms with Gasteiger partial charge in [0, 0.05) is 25.7 Å². The Kier molecular flexibility index (Phi) is 5.07. The van der Waals surface area contributed by atoms with Crippen molar-refractivity contribution in [3.8, 4) is 17.1 Å². The number of nitrogens with one attached hydrogen (secondary N) is 1. The summed E-state index contributed by atoms with van der Waals surface area (Å²) in [6.45, 7) is 0. The van der Waals surface area contributed by atoms with Gasteiger partial charge < -0.3 is 4.74 Å². The second-order valence-corrected chi connectivity index (χ2v) is 8.55. The molecule has 32 heavy (non-hydrogen) atoms. The standard InChI is InChI=1S/C19H17F3N6O3S/c1-27-14(8-16(25-27)19(20,21)22)13-6-5-12(10-23-13)32(29,30)26-17-15(31-3)7-4-11-9-24-28(2)18(11)17/h4-10,26H,1-3H3. The Labute approximate surface area is 180 Å². The van der Waals surface area contributed by atoms with E-state index in [0.717, 1.165) is 16.9 Å². The van der Waals surface area contributed by atoms with E-state index in [1.54, 1.807) is 25.4 Å². The number of methoxy groups -OCH3 is 1. The molecule has 1 N–H and O–H groups in total. The fourth-order valence-corrected chi connectivity index (χ4v) is 4.27. The molecule has 3 aromatic heterocycles. The average molecular weight is 466 g/mol. The Balaban J connectivity index is 1.69. The highest BCUT2D eigenvalue weighted by atomic mass is 32.2. The molecule has 0 radical (unpaired) electrons. The molecule has 0 bridgehead atoms. The average Bonchev–Trinajstić information content (AvgIpc) is 3.31. The van der Waals surface area contributed by atoms with Crippen LogP contribution in [0.3, 0.4) is 0 Å². The molecule has 1 aromatic carbocycles. The van der Waals surface area contributed by atoms with Crippen molar-refractivity contribution < 1.29 is 26.3 Å². The molecule has 0 aliphatic carbocycles. The molecule has 9 nitrogen and oxygen atoms in total. The van der Waals surface area contributed by atoms with Crippen molar-refractivity contribution in [1.82, 2.24) is 24.5 Å². The van der Waals surface area contributed by atoms with E-state index in [-0.39, 0.29) is 22.0 Å². The molecule has 0 saturated carbocycles. The first-order valence-corrected chi connectivity index (χ1v) is 10.6. The van der Waals surface area contributed by atoms with Gasteiger partial charge in [0.2, 0.25) is 0 Å². The van der Waals surface area contributed by atoms with Gasteiger partial charge in [-0.1, -0.05) is 0 Å². The number of pyridine rings is 1. The molecule has 0 aliphatic heterocycles. The summed E-state index contributed by atoms with van der Waals surface area (Å²) in [6.07, 6.45) is -1.95. The largest absolute Gasteiger partial charge is 0.494 e. The van der Waals surface area contributed by atoms with Crippen molar-refractivity contribution in [3.63, 3.8) is 0 Å². The molecule has 0 aliphatic rings. The van der Waals surface area contributed by atoms with Crippen LogP contribution in [-0.2, 0) is 30.3 Å². The van der Waals surface area contributed by atoms with Gasteiger partial charge in [-0.3, -0.25) is 19.1 Å². The lowest BCUT2D eigenvalue weighted by molar-refractivity contribution is -0.141. The van der Waals surface area contributed by atoms with Crippen molar-refractivity contribution in [1.29, 1.82) is 0 Å². The number of nitrogens with zero attached hydrogens (tertiary/aromatic N) is 5. The monoisotopic (exact) mass is 466 g/mol. The lowest BCUT2D eigenvalue weighted by Crippen LogP contribution is -2.15. The molecule has 0 fully saturated rings. The number of alkyl halides is 3. The van der Waals surface area contributed by atoms with Crippen LogP contribution in [0.4, 0.5) is 18.9 Å². The molecule has 0 atom stereocenters. The van der Waals surface area contributed by atoms with Crippen LogP contribution in [0.1, 0.15) is 5.69 Å². The van der Waals surface area contributed by atoms with Crippen LogP contribution in [0.2, 0.25) is 0 Å². The highest BCUT2D eigenvalue weighted by Crippen LogP contribution is 2.35. The highest BCUT2D eigenvalue weighted by molar-refractivity contribution is 7.92. The Morgan fingerprint density at radius 1 is 1.06 bits per heavy atom. The molecular formula is C19H17F3N6O3S. The summed E-state index contributed by atoms with van der Waals surface area (Å²) in [7, 11) is 0.329. The van der Waals surface area contributed by atoms with Crippen LogP contribution in [0.15, 0.2) is 47.6 Å². The summed E-state index contributed by atoms with van der Waals surface area (Å²) >= 11 is 0. The van der Waals surface area contributed by atoms with Gasteiger partial charge >= 0.3 is 6.18 Å². The summed E-state index contributed by atoms with van der Waals surface area (Å²) in [5.41, 5.74) is -0.106. The van der Waals surface area contributed by atoms with Gasteiger partial charge in [0.05, 0.1) is 30.2 Å². The predicted molar refractivity (Wildman–Crippen MR) is 110 cm³/mol. The molecule has 13 heteroatoms. The Hall–Kier alpha value is -3.61. The zero-order valence-corrected chi connectivity index (χ0v) is 17.9. The van der Waals surface area contributed by atoms with E-state index in [1.165, 1.54) is 31.0 Å². The van der Waals surface area contributed by atoms with Crippen LogP contribution >= 0.6 is 0 Å². The molecule has 4 aromatic rings. The number of ether oxygens (including phenoxy) is 1. The van der Waals surface area contributed by atoms with Gasteiger partial charge in [-0.2, -0.15) is 23.4 Å². The van der Waals surface area contributed by atoms with Crippen molar-refractivity contribution in [2.75, 3.05) is 11.8 Å². The SMILES string of the molecule is COc1ccc2cnn(C)c2c1NS(=O)(=O)c1ccc(-c2cc(C(F)(F)F)nn2C)nc1. The molecule has 3 heterocycles. The number of aromatic nitrogens is 5. The van der Waals surface area contributed by atoms with E-state index >= 15 is 0 Å². The molecule has 0 amide bonds. The third-order valence-corrected chi connectivity index (χ3v) is 6.14. The maximum atomic E-state index is 13.0. The van der Waals surface area contributed by atoms with Crippen LogP contribution in [-0.4, -0.2) is 40.1 Å². The Morgan fingerprint density at radius 2 is 1.81 bits per heavy atom. The maximum absolute atomic E-state index is 13.0. The zero-order chi connectivity index (χ0) is 23.3. The van der Waals surface area contributed by atoms with Gasteiger partial charge in [0.25, 0.3) is 10.0 Å². The minimum Gasteiger partial charge on any atom is -0.494 e.